The van der Waals surface area contributed by atoms with Gasteiger partial charge in [0.2, 0.25) is 5.95 Å². The SMILES string of the molecule is Cc1nc(C)n(-c2cc(C3CC3c3nc4ccccc4n3C)nc(N(C)C)n2)n1. The molecule has 148 valence electrons. The maximum Gasteiger partial charge on any atom is 0.227 e. The quantitative estimate of drug-likeness (QED) is 0.535. The largest absolute Gasteiger partial charge is 0.347 e. The Bertz CT molecular complexity index is 1220. The summed E-state index contributed by atoms with van der Waals surface area (Å²) in [5.74, 6) is 4.81. The number of anilines is 1. The third-order valence-electron chi connectivity index (χ3n) is 5.54. The van der Waals surface area contributed by atoms with E-state index >= 15 is 0 Å². The molecule has 2 unspecified atom stereocenters. The molecule has 2 atom stereocenters. The monoisotopic (exact) mass is 388 g/mol. The second kappa shape index (κ2) is 6.37. The Morgan fingerprint density at radius 3 is 2.48 bits per heavy atom. The molecule has 8 nitrogen and oxygen atoms in total. The van der Waals surface area contributed by atoms with Crippen LogP contribution >= 0.6 is 0 Å². The summed E-state index contributed by atoms with van der Waals surface area (Å²) in [6, 6.07) is 10.3. The van der Waals surface area contributed by atoms with Gasteiger partial charge < -0.3 is 9.47 Å². The van der Waals surface area contributed by atoms with Crippen molar-refractivity contribution in [1.82, 2.24) is 34.3 Å². The van der Waals surface area contributed by atoms with E-state index in [9.17, 15) is 0 Å². The number of hydrogen-bond acceptors (Lipinski definition) is 6. The topological polar surface area (TPSA) is 77.5 Å². The number of aryl methyl sites for hydroxylation is 3. The number of fused-ring (bicyclic) bond motifs is 1. The van der Waals surface area contributed by atoms with Crippen molar-refractivity contribution in [3.05, 3.63) is 53.5 Å². The smallest absolute Gasteiger partial charge is 0.227 e. The van der Waals surface area contributed by atoms with Crippen LogP contribution in [0.25, 0.3) is 16.9 Å². The zero-order valence-electron chi connectivity index (χ0n) is 17.3. The summed E-state index contributed by atoms with van der Waals surface area (Å²) in [7, 11) is 6.01. The minimum atomic E-state index is 0.330. The summed E-state index contributed by atoms with van der Waals surface area (Å²) in [6.45, 7) is 3.83. The van der Waals surface area contributed by atoms with Crippen LogP contribution in [0, 0.1) is 13.8 Å². The lowest BCUT2D eigenvalue weighted by Crippen LogP contribution is -2.16. The Kier molecular flexibility index (Phi) is 3.90. The maximum atomic E-state index is 4.89. The lowest BCUT2D eigenvalue weighted by atomic mass is 10.2. The van der Waals surface area contributed by atoms with Crippen molar-refractivity contribution in [2.75, 3.05) is 19.0 Å². The van der Waals surface area contributed by atoms with Crippen LogP contribution in [-0.4, -0.2) is 48.4 Å². The number of nitrogens with zero attached hydrogens (tertiary/aromatic N) is 8. The summed E-state index contributed by atoms with van der Waals surface area (Å²) >= 11 is 0. The highest BCUT2D eigenvalue weighted by molar-refractivity contribution is 5.76. The summed E-state index contributed by atoms with van der Waals surface area (Å²) in [4.78, 5) is 20.8. The molecule has 1 aliphatic carbocycles. The van der Waals surface area contributed by atoms with E-state index < -0.39 is 0 Å². The van der Waals surface area contributed by atoms with Gasteiger partial charge in [0.1, 0.15) is 17.5 Å². The standard InChI is InChI=1S/C21H24N8/c1-12-22-13(2)29(26-12)19-11-17(24-21(25-19)27(3)4)14-10-15(14)20-23-16-8-6-7-9-18(16)28(20)5/h6-9,11,14-15H,10H2,1-5H3. The predicted octanol–water partition coefficient (Wildman–Crippen LogP) is 2.90. The fourth-order valence-electron chi connectivity index (χ4n) is 3.98. The molecule has 4 aromatic rings. The molecule has 3 aromatic heterocycles. The molecule has 29 heavy (non-hydrogen) atoms. The van der Waals surface area contributed by atoms with Gasteiger partial charge in [0.05, 0.1) is 16.7 Å². The van der Waals surface area contributed by atoms with Gasteiger partial charge in [-0.15, -0.1) is 5.10 Å². The fourth-order valence-corrected chi connectivity index (χ4v) is 3.98. The summed E-state index contributed by atoms with van der Waals surface area (Å²) in [5, 5.41) is 4.50. The number of benzene rings is 1. The van der Waals surface area contributed by atoms with Gasteiger partial charge in [0.15, 0.2) is 5.82 Å². The highest BCUT2D eigenvalue weighted by atomic mass is 15.4. The Morgan fingerprint density at radius 2 is 1.79 bits per heavy atom. The summed E-state index contributed by atoms with van der Waals surface area (Å²) < 4.78 is 4.00. The van der Waals surface area contributed by atoms with Crippen LogP contribution in [0.3, 0.4) is 0 Å². The first kappa shape index (κ1) is 17.8. The van der Waals surface area contributed by atoms with E-state index in [4.69, 9.17) is 15.0 Å². The molecule has 5 rings (SSSR count). The lowest BCUT2D eigenvalue weighted by molar-refractivity contribution is 0.773. The molecule has 8 heteroatoms. The first-order valence-corrected chi connectivity index (χ1v) is 9.80. The third kappa shape index (κ3) is 2.95. The van der Waals surface area contributed by atoms with E-state index in [1.165, 1.54) is 5.52 Å². The van der Waals surface area contributed by atoms with E-state index in [0.29, 0.717) is 17.8 Å². The molecule has 3 heterocycles. The van der Waals surface area contributed by atoms with Gasteiger partial charge in [-0.25, -0.2) is 15.0 Å². The molecular weight excluding hydrogens is 364 g/mol. The molecule has 1 saturated carbocycles. The van der Waals surface area contributed by atoms with Gasteiger partial charge in [0.25, 0.3) is 0 Å². The minimum absolute atomic E-state index is 0.330. The normalized spacial score (nSPS) is 18.4. The fraction of sp³-hybridized carbons (Fsp3) is 0.381. The van der Waals surface area contributed by atoms with Gasteiger partial charge >= 0.3 is 0 Å². The highest BCUT2D eigenvalue weighted by Crippen LogP contribution is 2.54. The molecule has 0 radical (unpaired) electrons. The molecule has 1 aliphatic rings. The molecule has 1 aromatic carbocycles. The van der Waals surface area contributed by atoms with Crippen molar-refractivity contribution >= 4 is 17.0 Å². The van der Waals surface area contributed by atoms with Crippen molar-refractivity contribution in [2.45, 2.75) is 32.1 Å². The molecular formula is C21H24N8. The first-order valence-electron chi connectivity index (χ1n) is 9.80. The summed E-state index contributed by atoms with van der Waals surface area (Å²) in [5.41, 5.74) is 3.24. The zero-order valence-corrected chi connectivity index (χ0v) is 17.3. The van der Waals surface area contributed by atoms with Crippen LogP contribution in [0.5, 0.6) is 0 Å². The van der Waals surface area contributed by atoms with Crippen LogP contribution in [0.15, 0.2) is 30.3 Å². The van der Waals surface area contributed by atoms with Crippen molar-refractivity contribution in [2.24, 2.45) is 7.05 Å². The van der Waals surface area contributed by atoms with Crippen molar-refractivity contribution in [3.8, 4) is 5.82 Å². The predicted molar refractivity (Wildman–Crippen MR) is 112 cm³/mol. The van der Waals surface area contributed by atoms with Crippen LogP contribution in [0.4, 0.5) is 5.95 Å². The number of aromatic nitrogens is 7. The van der Waals surface area contributed by atoms with E-state index in [1.807, 2.05) is 45.0 Å². The number of rotatable bonds is 4. The van der Waals surface area contributed by atoms with Gasteiger partial charge in [-0.3, -0.25) is 0 Å². The van der Waals surface area contributed by atoms with Gasteiger partial charge in [-0.2, -0.15) is 9.67 Å². The summed E-state index contributed by atoms with van der Waals surface area (Å²) in [6.07, 6.45) is 1.04. The molecule has 0 saturated heterocycles. The van der Waals surface area contributed by atoms with Crippen molar-refractivity contribution in [3.63, 3.8) is 0 Å². The van der Waals surface area contributed by atoms with Crippen LogP contribution in [0.1, 0.15) is 41.4 Å². The Balaban J connectivity index is 1.54. The highest BCUT2D eigenvalue weighted by Gasteiger charge is 2.44. The van der Waals surface area contributed by atoms with E-state index in [-0.39, 0.29) is 0 Å². The van der Waals surface area contributed by atoms with Gasteiger partial charge in [0, 0.05) is 39.0 Å². The van der Waals surface area contributed by atoms with Gasteiger partial charge in [-0.1, -0.05) is 12.1 Å². The molecule has 0 bridgehead atoms. The van der Waals surface area contributed by atoms with E-state index in [0.717, 1.165) is 40.9 Å². The lowest BCUT2D eigenvalue weighted by Gasteiger charge is -2.14. The second-order valence-electron chi connectivity index (χ2n) is 7.93. The first-order chi connectivity index (χ1) is 13.9. The number of para-hydroxylation sites is 2. The minimum Gasteiger partial charge on any atom is -0.347 e. The Labute approximate surface area is 169 Å². The molecule has 0 amide bonds. The molecule has 0 spiro atoms. The maximum absolute atomic E-state index is 4.89. The molecule has 0 N–H and O–H groups in total. The van der Waals surface area contributed by atoms with E-state index in [1.54, 1.807) is 4.68 Å². The number of imidazole rings is 1. The number of hydrogen-bond donors (Lipinski definition) is 0. The zero-order chi connectivity index (χ0) is 20.3. The van der Waals surface area contributed by atoms with Crippen LogP contribution in [-0.2, 0) is 7.05 Å². The molecule has 0 aliphatic heterocycles. The van der Waals surface area contributed by atoms with Crippen LogP contribution < -0.4 is 4.90 Å². The third-order valence-corrected chi connectivity index (χ3v) is 5.54. The molecule has 1 fully saturated rings. The van der Waals surface area contributed by atoms with Crippen LogP contribution in [0.2, 0.25) is 0 Å². The Hall–Kier alpha value is -3.29. The average Bonchev–Trinajstić information content (AvgIpc) is 3.33. The second-order valence-corrected chi connectivity index (χ2v) is 7.93. The van der Waals surface area contributed by atoms with E-state index in [2.05, 4.69) is 39.9 Å². The Morgan fingerprint density at radius 1 is 1.00 bits per heavy atom. The van der Waals surface area contributed by atoms with Crippen molar-refractivity contribution in [1.29, 1.82) is 0 Å². The average molecular weight is 388 g/mol. The van der Waals surface area contributed by atoms with Crippen molar-refractivity contribution < 1.29 is 0 Å². The van der Waals surface area contributed by atoms with Gasteiger partial charge in [-0.05, 0) is 32.4 Å².